The summed E-state index contributed by atoms with van der Waals surface area (Å²) in [4.78, 5) is 38.8. The molecular formula is C22H40O15S3. The maximum atomic E-state index is 13.2. The third-order valence-electron chi connectivity index (χ3n) is 5.60. The molecule has 0 aromatic heterocycles. The van der Waals surface area contributed by atoms with E-state index in [4.69, 9.17) is 27.9 Å². The van der Waals surface area contributed by atoms with E-state index in [0.29, 0.717) is 0 Å². The zero-order valence-electron chi connectivity index (χ0n) is 23.2. The third kappa shape index (κ3) is 16.4. The molecule has 18 heteroatoms. The van der Waals surface area contributed by atoms with Gasteiger partial charge in [0.1, 0.15) is 0 Å². The fourth-order valence-electron chi connectivity index (χ4n) is 4.09. The van der Waals surface area contributed by atoms with Gasteiger partial charge in [-0.05, 0) is 66.7 Å². The largest absolute Gasteiger partial charge is 0.465 e. The number of esters is 3. The molecule has 3 N–H and O–H groups in total. The van der Waals surface area contributed by atoms with Gasteiger partial charge in [0, 0.05) is 0 Å². The molecule has 0 spiro atoms. The smallest absolute Gasteiger partial charge is 0.311 e. The molecule has 0 atom stereocenters. The van der Waals surface area contributed by atoms with Crippen molar-refractivity contribution < 1.29 is 67.5 Å². The summed E-state index contributed by atoms with van der Waals surface area (Å²) in [7, 11) is -12.8. The number of ether oxygens (including phenoxy) is 3. The van der Waals surface area contributed by atoms with Crippen LogP contribution in [0.25, 0.3) is 0 Å². The second-order valence-electron chi connectivity index (χ2n) is 11.0. The lowest BCUT2D eigenvalue weighted by molar-refractivity contribution is -0.168. The quantitative estimate of drug-likeness (QED) is 0.0779. The van der Waals surface area contributed by atoms with Crippen molar-refractivity contribution in [1.29, 1.82) is 0 Å². The van der Waals surface area contributed by atoms with E-state index in [-0.39, 0.29) is 45.3 Å². The van der Waals surface area contributed by atoms with Crippen LogP contribution in [0.4, 0.5) is 0 Å². The topological polar surface area (TPSA) is 242 Å². The Bertz CT molecular complexity index is 1130. The molecule has 0 radical (unpaired) electrons. The Labute approximate surface area is 235 Å². The van der Waals surface area contributed by atoms with Crippen molar-refractivity contribution in [3.05, 3.63) is 0 Å². The second-order valence-corrected chi connectivity index (χ2v) is 15.7. The van der Waals surface area contributed by atoms with Gasteiger partial charge in [-0.2, -0.15) is 25.3 Å². The van der Waals surface area contributed by atoms with E-state index in [1.54, 1.807) is 0 Å². The molecular weight excluding hydrogens is 600 g/mol. The maximum Gasteiger partial charge on any atom is 0.311 e. The summed E-state index contributed by atoms with van der Waals surface area (Å²) in [5.41, 5.74) is -4.32. The van der Waals surface area contributed by atoms with Crippen LogP contribution in [-0.2, 0) is 58.9 Å². The molecule has 0 rings (SSSR count). The first kappa shape index (κ1) is 38.1. The van der Waals surface area contributed by atoms with Gasteiger partial charge >= 0.3 is 17.9 Å². The maximum absolute atomic E-state index is 13.2. The summed E-state index contributed by atoms with van der Waals surface area (Å²) in [6, 6.07) is 0. The van der Waals surface area contributed by atoms with Gasteiger partial charge in [-0.3, -0.25) is 28.0 Å². The summed E-state index contributed by atoms with van der Waals surface area (Å²) in [5, 5.41) is 0. The summed E-state index contributed by atoms with van der Waals surface area (Å²) in [6.07, 6.45) is -1.06. The van der Waals surface area contributed by atoms with Crippen LogP contribution in [0.5, 0.6) is 0 Å². The fourth-order valence-corrected chi connectivity index (χ4v) is 5.53. The van der Waals surface area contributed by atoms with Gasteiger partial charge in [0.2, 0.25) is 0 Å². The molecule has 0 saturated carbocycles. The van der Waals surface area contributed by atoms with Crippen LogP contribution in [0.3, 0.4) is 0 Å². The van der Waals surface area contributed by atoms with E-state index < -0.39 is 88.4 Å². The SMILES string of the molecule is CC(C)(CC(C)(CC(C)(C)C(=O)OCCCS(=O)(=O)O)C(=O)OCCCS(=O)(=O)O)C(=O)OCCCS(=O)(=O)O. The highest BCUT2D eigenvalue weighted by Crippen LogP contribution is 2.44. The lowest BCUT2D eigenvalue weighted by atomic mass is 9.66. The van der Waals surface area contributed by atoms with Gasteiger partial charge in [0.15, 0.2) is 0 Å². The Hall–Kier alpha value is -1.86. The highest BCUT2D eigenvalue weighted by molar-refractivity contribution is 7.86. The minimum atomic E-state index is -4.30. The Morgan fingerprint density at radius 3 is 1.02 bits per heavy atom. The molecule has 0 amide bonds. The molecule has 15 nitrogen and oxygen atoms in total. The number of carbonyl (C=O) groups is 3. The van der Waals surface area contributed by atoms with E-state index >= 15 is 0 Å². The molecule has 236 valence electrons. The first-order valence-electron chi connectivity index (χ1n) is 12.2. The standard InChI is InChI=1S/C22H40O15S3/c1-20(2,17(23)35-9-6-12-38(26,27)28)15-22(5,19(25)37-11-8-14-40(32,33)34)16-21(3,4)18(24)36-10-7-13-39(29,30)31/h6-16H2,1-5H3,(H,26,27,28)(H,29,30,31)(H,32,33,34). The van der Waals surface area contributed by atoms with Gasteiger partial charge in [-0.25, -0.2) is 0 Å². The Balaban J connectivity index is 5.70. The van der Waals surface area contributed by atoms with E-state index in [0.717, 1.165) is 0 Å². The lowest BCUT2D eigenvalue weighted by Gasteiger charge is -2.38. The summed E-state index contributed by atoms with van der Waals surface area (Å²) in [5.74, 6) is -4.43. The molecule has 0 unspecified atom stereocenters. The van der Waals surface area contributed by atoms with Crippen molar-refractivity contribution in [2.75, 3.05) is 37.1 Å². The summed E-state index contributed by atoms with van der Waals surface area (Å²) < 4.78 is 107. The molecule has 0 aliphatic heterocycles. The van der Waals surface area contributed by atoms with Gasteiger partial charge in [-0.15, -0.1) is 0 Å². The molecule has 0 aliphatic carbocycles. The number of carbonyl (C=O) groups excluding carboxylic acids is 3. The second kappa shape index (κ2) is 14.9. The van der Waals surface area contributed by atoms with Crippen LogP contribution in [0.15, 0.2) is 0 Å². The lowest BCUT2D eigenvalue weighted by Crippen LogP contribution is -2.43. The molecule has 0 aliphatic rings. The molecule has 0 heterocycles. The van der Waals surface area contributed by atoms with Crippen molar-refractivity contribution >= 4 is 48.3 Å². The van der Waals surface area contributed by atoms with E-state index in [9.17, 15) is 39.6 Å². The molecule has 0 aromatic rings. The highest BCUT2D eigenvalue weighted by Gasteiger charge is 2.49. The van der Waals surface area contributed by atoms with Gasteiger partial charge in [0.05, 0.1) is 53.3 Å². The molecule has 0 aromatic carbocycles. The predicted octanol–water partition coefficient (Wildman–Crippen LogP) is 1.29. The molecule has 0 saturated heterocycles. The average molecular weight is 641 g/mol. The molecule has 40 heavy (non-hydrogen) atoms. The number of rotatable bonds is 19. The minimum Gasteiger partial charge on any atom is -0.465 e. The Morgan fingerprint density at radius 2 is 0.775 bits per heavy atom. The Morgan fingerprint density at radius 1 is 0.525 bits per heavy atom. The number of hydrogen-bond donors (Lipinski definition) is 3. The first-order valence-corrected chi connectivity index (χ1v) is 17.0. The Kier molecular flexibility index (Phi) is 14.2. The number of hydrogen-bond acceptors (Lipinski definition) is 12. The van der Waals surface area contributed by atoms with Crippen LogP contribution < -0.4 is 0 Å². The van der Waals surface area contributed by atoms with Crippen LogP contribution >= 0.6 is 0 Å². The van der Waals surface area contributed by atoms with E-state index in [1.165, 1.54) is 34.6 Å². The zero-order chi connectivity index (χ0) is 31.6. The predicted molar refractivity (Wildman–Crippen MR) is 141 cm³/mol. The van der Waals surface area contributed by atoms with E-state index in [1.807, 2.05) is 0 Å². The van der Waals surface area contributed by atoms with Crippen molar-refractivity contribution in [1.82, 2.24) is 0 Å². The van der Waals surface area contributed by atoms with Gasteiger partial charge in [0.25, 0.3) is 30.4 Å². The summed E-state index contributed by atoms with van der Waals surface area (Å²) >= 11 is 0. The van der Waals surface area contributed by atoms with Crippen molar-refractivity contribution in [2.24, 2.45) is 16.2 Å². The molecule has 0 fully saturated rings. The van der Waals surface area contributed by atoms with Crippen LogP contribution in [0.1, 0.15) is 66.7 Å². The van der Waals surface area contributed by atoms with Crippen molar-refractivity contribution in [3.8, 4) is 0 Å². The average Bonchev–Trinajstić information content (AvgIpc) is 2.73. The van der Waals surface area contributed by atoms with Crippen molar-refractivity contribution in [2.45, 2.75) is 66.7 Å². The first-order chi connectivity index (χ1) is 17.8. The highest BCUT2D eigenvalue weighted by atomic mass is 32.2. The minimum absolute atomic E-state index is 0.176. The van der Waals surface area contributed by atoms with Gasteiger partial charge < -0.3 is 14.2 Å². The zero-order valence-corrected chi connectivity index (χ0v) is 25.7. The monoisotopic (exact) mass is 640 g/mol. The van der Waals surface area contributed by atoms with Crippen LogP contribution in [0, 0.1) is 16.2 Å². The molecule has 0 bridgehead atoms. The normalized spacial score (nSPS) is 13.5. The summed E-state index contributed by atoms with van der Waals surface area (Å²) in [6.45, 7) is 6.14. The van der Waals surface area contributed by atoms with Crippen molar-refractivity contribution in [3.63, 3.8) is 0 Å². The van der Waals surface area contributed by atoms with Crippen LogP contribution in [-0.4, -0.2) is 93.9 Å². The van der Waals surface area contributed by atoms with E-state index in [2.05, 4.69) is 0 Å². The van der Waals surface area contributed by atoms with Gasteiger partial charge in [-0.1, -0.05) is 0 Å². The van der Waals surface area contributed by atoms with Crippen LogP contribution in [0.2, 0.25) is 0 Å². The third-order valence-corrected chi connectivity index (χ3v) is 8.02. The fraction of sp³-hybridized carbons (Fsp3) is 0.864.